The summed E-state index contributed by atoms with van der Waals surface area (Å²) in [5, 5.41) is 2.94. The quantitative estimate of drug-likeness (QED) is 0.860. The molecule has 0 atom stereocenters. The highest BCUT2D eigenvalue weighted by Gasteiger charge is 2.18. The van der Waals surface area contributed by atoms with Gasteiger partial charge in [-0.15, -0.1) is 0 Å². The molecular formula is C22H30N6O. The third-order valence-electron chi connectivity index (χ3n) is 5.96. The van der Waals surface area contributed by atoms with Gasteiger partial charge in [0.25, 0.3) is 5.91 Å². The maximum atomic E-state index is 12.5. The third-order valence-corrected chi connectivity index (χ3v) is 5.96. The van der Waals surface area contributed by atoms with Crippen LogP contribution in [0.3, 0.4) is 0 Å². The lowest BCUT2D eigenvalue weighted by Crippen LogP contribution is -2.44. The number of rotatable bonds is 4. The highest BCUT2D eigenvalue weighted by Crippen LogP contribution is 2.21. The van der Waals surface area contributed by atoms with Crippen molar-refractivity contribution in [3.63, 3.8) is 0 Å². The van der Waals surface area contributed by atoms with Gasteiger partial charge in [-0.1, -0.05) is 6.92 Å². The normalized spacial score (nSPS) is 18.7. The largest absolute Gasteiger partial charge is 0.369 e. The Morgan fingerprint density at radius 3 is 2.17 bits per heavy atom. The maximum Gasteiger partial charge on any atom is 0.258 e. The molecule has 7 heteroatoms. The van der Waals surface area contributed by atoms with Crippen molar-refractivity contribution in [1.29, 1.82) is 0 Å². The zero-order chi connectivity index (χ0) is 20.2. The topological polar surface area (TPSA) is 64.6 Å². The van der Waals surface area contributed by atoms with E-state index in [4.69, 9.17) is 0 Å². The van der Waals surface area contributed by atoms with Crippen LogP contribution in [-0.4, -0.2) is 67.1 Å². The summed E-state index contributed by atoms with van der Waals surface area (Å²) in [6.45, 7) is 8.45. The molecule has 2 aliphatic heterocycles. The minimum absolute atomic E-state index is 0.184. The lowest BCUT2D eigenvalue weighted by Gasteiger charge is -2.34. The van der Waals surface area contributed by atoms with Crippen molar-refractivity contribution in [2.75, 3.05) is 61.4 Å². The van der Waals surface area contributed by atoms with Gasteiger partial charge in [-0.05, 0) is 50.1 Å². The van der Waals surface area contributed by atoms with Gasteiger partial charge in [0.15, 0.2) is 0 Å². The summed E-state index contributed by atoms with van der Waals surface area (Å²) >= 11 is 0. The number of carbonyl (C=O) groups is 1. The minimum atomic E-state index is -0.184. The van der Waals surface area contributed by atoms with Gasteiger partial charge in [0.2, 0.25) is 5.95 Å². The molecule has 1 aromatic carbocycles. The molecule has 1 amide bonds. The molecule has 0 unspecified atom stereocenters. The van der Waals surface area contributed by atoms with E-state index in [1.807, 2.05) is 12.1 Å². The molecule has 0 spiro atoms. The van der Waals surface area contributed by atoms with E-state index in [0.717, 1.165) is 63.7 Å². The number of carbonyl (C=O) groups excluding carboxylic acids is 1. The van der Waals surface area contributed by atoms with Gasteiger partial charge in [-0.2, -0.15) is 0 Å². The summed E-state index contributed by atoms with van der Waals surface area (Å²) in [5.41, 5.74) is 2.45. The molecule has 1 aromatic heterocycles. The SMILES string of the molecule is CC1CCN(c2ncc(C(=O)Nc3ccc(N4CCN(C)CC4)cc3)cn2)CC1. The van der Waals surface area contributed by atoms with Gasteiger partial charge < -0.3 is 20.0 Å². The van der Waals surface area contributed by atoms with Crippen molar-refractivity contribution in [2.45, 2.75) is 19.8 Å². The van der Waals surface area contributed by atoms with E-state index in [2.05, 4.69) is 56.1 Å². The van der Waals surface area contributed by atoms with E-state index in [9.17, 15) is 4.79 Å². The van der Waals surface area contributed by atoms with Crippen LogP contribution < -0.4 is 15.1 Å². The van der Waals surface area contributed by atoms with E-state index < -0.39 is 0 Å². The summed E-state index contributed by atoms with van der Waals surface area (Å²) in [4.78, 5) is 28.3. The van der Waals surface area contributed by atoms with Crippen LogP contribution in [0, 0.1) is 5.92 Å². The maximum absolute atomic E-state index is 12.5. The predicted molar refractivity (Wildman–Crippen MR) is 117 cm³/mol. The van der Waals surface area contributed by atoms with Crippen molar-refractivity contribution in [1.82, 2.24) is 14.9 Å². The summed E-state index contributed by atoms with van der Waals surface area (Å²) in [6.07, 6.45) is 5.56. The molecule has 3 heterocycles. The molecule has 2 saturated heterocycles. The molecule has 7 nitrogen and oxygen atoms in total. The Kier molecular flexibility index (Phi) is 5.94. The Balaban J connectivity index is 1.34. The summed E-state index contributed by atoms with van der Waals surface area (Å²) in [5.74, 6) is 1.29. The predicted octanol–water partition coefficient (Wildman–Crippen LogP) is 2.72. The fraction of sp³-hybridized carbons (Fsp3) is 0.500. The van der Waals surface area contributed by atoms with Gasteiger partial charge >= 0.3 is 0 Å². The Morgan fingerprint density at radius 1 is 0.931 bits per heavy atom. The monoisotopic (exact) mass is 394 g/mol. The molecule has 0 bridgehead atoms. The number of aromatic nitrogens is 2. The fourth-order valence-corrected chi connectivity index (χ4v) is 3.83. The van der Waals surface area contributed by atoms with E-state index in [1.54, 1.807) is 12.4 Å². The molecule has 0 saturated carbocycles. The van der Waals surface area contributed by atoms with Crippen LogP contribution in [0.4, 0.5) is 17.3 Å². The highest BCUT2D eigenvalue weighted by molar-refractivity contribution is 6.03. The van der Waals surface area contributed by atoms with E-state index in [0.29, 0.717) is 11.5 Å². The van der Waals surface area contributed by atoms with Gasteiger partial charge in [-0.3, -0.25) is 4.79 Å². The molecule has 4 rings (SSSR count). The van der Waals surface area contributed by atoms with E-state index >= 15 is 0 Å². The Hall–Kier alpha value is -2.67. The van der Waals surface area contributed by atoms with Gasteiger partial charge in [0.05, 0.1) is 5.56 Å². The zero-order valence-electron chi connectivity index (χ0n) is 17.3. The van der Waals surface area contributed by atoms with Gasteiger partial charge in [-0.25, -0.2) is 9.97 Å². The van der Waals surface area contributed by atoms with Crippen LogP contribution in [-0.2, 0) is 0 Å². The number of nitrogens with zero attached hydrogens (tertiary/aromatic N) is 5. The smallest absolute Gasteiger partial charge is 0.258 e. The Labute approximate surface area is 172 Å². The van der Waals surface area contributed by atoms with Crippen molar-refractivity contribution in [3.05, 3.63) is 42.2 Å². The average Bonchev–Trinajstić information content (AvgIpc) is 2.76. The average molecular weight is 395 g/mol. The molecule has 0 radical (unpaired) electrons. The van der Waals surface area contributed by atoms with E-state index in [1.165, 1.54) is 5.69 Å². The second-order valence-corrected chi connectivity index (χ2v) is 8.23. The van der Waals surface area contributed by atoms with Crippen molar-refractivity contribution in [2.24, 2.45) is 5.92 Å². The van der Waals surface area contributed by atoms with E-state index in [-0.39, 0.29) is 5.91 Å². The number of hydrogen-bond acceptors (Lipinski definition) is 6. The molecule has 2 fully saturated rings. The van der Waals surface area contributed by atoms with Gasteiger partial charge in [0.1, 0.15) is 0 Å². The zero-order valence-corrected chi connectivity index (χ0v) is 17.3. The molecular weight excluding hydrogens is 364 g/mol. The number of amides is 1. The second-order valence-electron chi connectivity index (χ2n) is 8.23. The third kappa shape index (κ3) is 4.85. The fourth-order valence-electron chi connectivity index (χ4n) is 3.83. The van der Waals surface area contributed by atoms with Gasteiger partial charge in [0, 0.05) is 63.0 Å². The van der Waals surface area contributed by atoms with Crippen LogP contribution in [0.1, 0.15) is 30.1 Å². The lowest BCUT2D eigenvalue weighted by atomic mass is 10.00. The first-order valence-corrected chi connectivity index (χ1v) is 10.5. The standard InChI is InChI=1S/C22H30N6O/c1-17-7-9-28(10-8-17)22-23-15-18(16-24-22)21(29)25-19-3-5-20(6-4-19)27-13-11-26(2)12-14-27/h3-6,15-17H,7-14H2,1-2H3,(H,25,29). The number of benzene rings is 1. The van der Waals surface area contributed by atoms with Crippen molar-refractivity contribution < 1.29 is 4.79 Å². The van der Waals surface area contributed by atoms with Crippen LogP contribution >= 0.6 is 0 Å². The minimum Gasteiger partial charge on any atom is -0.369 e. The number of anilines is 3. The molecule has 29 heavy (non-hydrogen) atoms. The second kappa shape index (κ2) is 8.78. The number of piperazine rings is 1. The summed E-state index contributed by atoms with van der Waals surface area (Å²) < 4.78 is 0. The number of piperidine rings is 1. The first-order valence-electron chi connectivity index (χ1n) is 10.5. The van der Waals surface area contributed by atoms with Crippen molar-refractivity contribution >= 4 is 23.2 Å². The molecule has 1 N–H and O–H groups in total. The van der Waals surface area contributed by atoms with Crippen LogP contribution in [0.25, 0.3) is 0 Å². The number of hydrogen-bond donors (Lipinski definition) is 1. The number of likely N-dealkylation sites (N-methyl/N-ethyl adjacent to an activating group) is 1. The number of nitrogens with one attached hydrogen (secondary N) is 1. The lowest BCUT2D eigenvalue weighted by molar-refractivity contribution is 0.102. The Morgan fingerprint density at radius 2 is 1.55 bits per heavy atom. The summed E-state index contributed by atoms with van der Waals surface area (Å²) in [7, 11) is 2.15. The van der Waals surface area contributed by atoms with Crippen LogP contribution in [0.2, 0.25) is 0 Å². The first-order chi connectivity index (χ1) is 14.1. The van der Waals surface area contributed by atoms with Crippen LogP contribution in [0.15, 0.2) is 36.7 Å². The molecule has 2 aromatic rings. The molecule has 154 valence electrons. The molecule has 0 aliphatic carbocycles. The van der Waals surface area contributed by atoms with Crippen LogP contribution in [0.5, 0.6) is 0 Å². The van der Waals surface area contributed by atoms with Crippen molar-refractivity contribution in [3.8, 4) is 0 Å². The first kappa shape index (κ1) is 19.6. The molecule has 2 aliphatic rings. The summed E-state index contributed by atoms with van der Waals surface area (Å²) in [6, 6.07) is 8.04. The Bertz CT molecular complexity index is 806. The highest BCUT2D eigenvalue weighted by atomic mass is 16.1.